The molecule has 6 heteroatoms. The fourth-order valence-corrected chi connectivity index (χ4v) is 2.30. The molecule has 0 saturated carbocycles. The van der Waals surface area contributed by atoms with Crippen molar-refractivity contribution in [2.75, 3.05) is 11.6 Å². The van der Waals surface area contributed by atoms with E-state index in [0.29, 0.717) is 12.3 Å². The van der Waals surface area contributed by atoms with Gasteiger partial charge in [0.25, 0.3) is 0 Å². The number of amides is 2. The quantitative estimate of drug-likeness (QED) is 0.637. The first-order valence-electron chi connectivity index (χ1n) is 6.10. The van der Waals surface area contributed by atoms with Gasteiger partial charge in [-0.1, -0.05) is 19.9 Å². The van der Waals surface area contributed by atoms with E-state index in [1.807, 2.05) is 13.8 Å². The molecule has 1 aliphatic rings. The molecule has 0 aromatic rings. The van der Waals surface area contributed by atoms with Crippen LogP contribution in [0.15, 0.2) is 12.2 Å². The number of hydrogen-bond acceptors (Lipinski definition) is 4. The van der Waals surface area contributed by atoms with Crippen molar-refractivity contribution >= 4 is 23.6 Å². The van der Waals surface area contributed by atoms with E-state index in [-0.39, 0.29) is 23.8 Å². The highest BCUT2D eigenvalue weighted by Crippen LogP contribution is 2.07. The molecule has 1 aliphatic heterocycles. The van der Waals surface area contributed by atoms with Crippen LogP contribution in [0.2, 0.25) is 0 Å². The lowest BCUT2D eigenvalue weighted by Gasteiger charge is -2.21. The molecular weight excluding hydrogens is 250 g/mol. The van der Waals surface area contributed by atoms with Crippen LogP contribution in [0.25, 0.3) is 0 Å². The average Bonchev–Trinajstić information content (AvgIpc) is 2.31. The Morgan fingerprint density at radius 3 is 2.83 bits per heavy atom. The number of carbonyl (C=O) groups excluding carboxylic acids is 2. The van der Waals surface area contributed by atoms with Gasteiger partial charge in [-0.3, -0.25) is 9.59 Å². The molecule has 0 spiro atoms. The van der Waals surface area contributed by atoms with Crippen molar-refractivity contribution in [1.82, 2.24) is 10.6 Å². The van der Waals surface area contributed by atoms with E-state index in [0.717, 1.165) is 5.75 Å². The number of carbonyl (C=O) groups is 2. The van der Waals surface area contributed by atoms with Gasteiger partial charge in [-0.05, 0) is 18.1 Å². The van der Waals surface area contributed by atoms with Crippen molar-refractivity contribution in [2.24, 2.45) is 11.7 Å². The maximum absolute atomic E-state index is 11.8. The molecule has 0 aliphatic carbocycles. The predicted octanol–water partition coefficient (Wildman–Crippen LogP) is 0.221. The average molecular weight is 271 g/mol. The Kier molecular flexibility index (Phi) is 6.21. The first-order chi connectivity index (χ1) is 8.50. The standard InChI is InChI=1S/C12H21N3O2S/c1-8(2)10-3-4-11(16)14-7-18-6-5-9(13)12(17)15-10/h3-4,8-10H,5-7,13H2,1-2H3,(H,14,16)(H,15,17)/t9-,10+/m0/s1. The van der Waals surface area contributed by atoms with Crippen LogP contribution >= 0.6 is 11.8 Å². The Morgan fingerprint density at radius 1 is 1.44 bits per heavy atom. The molecule has 0 radical (unpaired) electrons. The molecule has 18 heavy (non-hydrogen) atoms. The fourth-order valence-electron chi connectivity index (χ4n) is 1.49. The zero-order valence-corrected chi connectivity index (χ0v) is 11.6. The molecule has 2 amide bonds. The third kappa shape index (κ3) is 5.10. The molecule has 0 unspecified atom stereocenters. The van der Waals surface area contributed by atoms with Gasteiger partial charge in [0.2, 0.25) is 11.8 Å². The summed E-state index contributed by atoms with van der Waals surface area (Å²) in [5.74, 6) is 1.23. The minimum absolute atomic E-state index is 0.132. The van der Waals surface area contributed by atoms with Gasteiger partial charge in [-0.2, -0.15) is 0 Å². The Labute approximate surface area is 112 Å². The number of thioether (sulfide) groups is 1. The second-order valence-electron chi connectivity index (χ2n) is 4.63. The van der Waals surface area contributed by atoms with Gasteiger partial charge >= 0.3 is 0 Å². The maximum atomic E-state index is 11.8. The molecule has 102 valence electrons. The Morgan fingerprint density at radius 2 is 2.17 bits per heavy atom. The summed E-state index contributed by atoms with van der Waals surface area (Å²) < 4.78 is 0. The van der Waals surface area contributed by atoms with Gasteiger partial charge in [-0.25, -0.2) is 0 Å². The van der Waals surface area contributed by atoms with E-state index in [1.54, 1.807) is 17.8 Å². The zero-order chi connectivity index (χ0) is 13.5. The SMILES string of the molecule is CC(C)[C@H]1C=CC(=O)NCSCC[C@H](N)C(=O)N1. The van der Waals surface area contributed by atoms with E-state index in [2.05, 4.69) is 10.6 Å². The lowest BCUT2D eigenvalue weighted by atomic mass is 10.0. The van der Waals surface area contributed by atoms with Crippen molar-refractivity contribution in [3.63, 3.8) is 0 Å². The van der Waals surface area contributed by atoms with Gasteiger partial charge in [0.05, 0.1) is 11.9 Å². The van der Waals surface area contributed by atoms with Crippen LogP contribution in [0, 0.1) is 5.92 Å². The first-order valence-corrected chi connectivity index (χ1v) is 7.26. The first kappa shape index (κ1) is 15.0. The number of hydrogen-bond donors (Lipinski definition) is 3. The van der Waals surface area contributed by atoms with Gasteiger partial charge < -0.3 is 16.4 Å². The Hall–Kier alpha value is -1.01. The Bertz CT molecular complexity index is 331. The number of rotatable bonds is 1. The summed E-state index contributed by atoms with van der Waals surface area (Å²) >= 11 is 1.56. The molecule has 0 aromatic heterocycles. The predicted molar refractivity (Wildman–Crippen MR) is 74.0 cm³/mol. The number of nitrogens with two attached hydrogens (primary N) is 1. The van der Waals surface area contributed by atoms with Crippen LogP contribution in [0.3, 0.4) is 0 Å². The van der Waals surface area contributed by atoms with E-state index >= 15 is 0 Å². The smallest absolute Gasteiger partial charge is 0.244 e. The Balaban J connectivity index is 2.76. The summed E-state index contributed by atoms with van der Waals surface area (Å²) in [4.78, 5) is 23.3. The molecule has 0 aromatic carbocycles. The van der Waals surface area contributed by atoms with Gasteiger partial charge in [0.15, 0.2) is 0 Å². The van der Waals surface area contributed by atoms with E-state index in [4.69, 9.17) is 5.73 Å². The molecule has 1 rings (SSSR count). The summed E-state index contributed by atoms with van der Waals surface area (Å²) in [6.45, 7) is 3.97. The molecule has 2 atom stereocenters. The molecule has 0 saturated heterocycles. The highest BCUT2D eigenvalue weighted by molar-refractivity contribution is 7.99. The van der Waals surface area contributed by atoms with Crippen LogP contribution in [0.1, 0.15) is 20.3 Å². The largest absolute Gasteiger partial charge is 0.348 e. The molecule has 0 fully saturated rings. The third-order valence-electron chi connectivity index (χ3n) is 2.74. The minimum atomic E-state index is -0.484. The summed E-state index contributed by atoms with van der Waals surface area (Å²) in [7, 11) is 0. The summed E-state index contributed by atoms with van der Waals surface area (Å²) in [6, 6.07) is -0.649. The van der Waals surface area contributed by atoms with E-state index < -0.39 is 6.04 Å². The van der Waals surface area contributed by atoms with Crippen LogP contribution in [-0.4, -0.2) is 35.5 Å². The van der Waals surface area contributed by atoms with Crippen LogP contribution < -0.4 is 16.4 Å². The topological polar surface area (TPSA) is 84.2 Å². The highest BCUT2D eigenvalue weighted by Gasteiger charge is 2.19. The maximum Gasteiger partial charge on any atom is 0.244 e. The molecule has 5 nitrogen and oxygen atoms in total. The summed E-state index contributed by atoms with van der Waals surface area (Å²) in [5, 5.41) is 5.63. The third-order valence-corrected chi connectivity index (χ3v) is 3.61. The van der Waals surface area contributed by atoms with Crippen molar-refractivity contribution < 1.29 is 9.59 Å². The zero-order valence-electron chi connectivity index (χ0n) is 10.8. The lowest BCUT2D eigenvalue weighted by Crippen LogP contribution is -2.47. The minimum Gasteiger partial charge on any atom is -0.348 e. The van der Waals surface area contributed by atoms with Crippen LogP contribution in [0.4, 0.5) is 0 Å². The van der Waals surface area contributed by atoms with Crippen LogP contribution in [0.5, 0.6) is 0 Å². The van der Waals surface area contributed by atoms with Gasteiger partial charge in [0.1, 0.15) is 0 Å². The fraction of sp³-hybridized carbons (Fsp3) is 0.667. The normalized spacial score (nSPS) is 27.1. The lowest BCUT2D eigenvalue weighted by molar-refractivity contribution is -0.123. The summed E-state index contributed by atoms with van der Waals surface area (Å²) in [5.41, 5.74) is 5.81. The molecule has 0 bridgehead atoms. The summed E-state index contributed by atoms with van der Waals surface area (Å²) in [6.07, 6.45) is 3.80. The van der Waals surface area contributed by atoms with Crippen LogP contribution in [-0.2, 0) is 9.59 Å². The van der Waals surface area contributed by atoms with Gasteiger partial charge in [0, 0.05) is 12.1 Å². The van der Waals surface area contributed by atoms with Crippen molar-refractivity contribution in [3.05, 3.63) is 12.2 Å². The number of nitrogens with one attached hydrogen (secondary N) is 2. The molecular formula is C12H21N3O2S. The van der Waals surface area contributed by atoms with E-state index in [9.17, 15) is 9.59 Å². The van der Waals surface area contributed by atoms with E-state index in [1.165, 1.54) is 6.08 Å². The van der Waals surface area contributed by atoms with Crippen molar-refractivity contribution in [2.45, 2.75) is 32.4 Å². The molecule has 1 heterocycles. The highest BCUT2D eigenvalue weighted by atomic mass is 32.2. The molecule has 4 N–H and O–H groups in total. The van der Waals surface area contributed by atoms with Crippen molar-refractivity contribution in [3.8, 4) is 0 Å². The van der Waals surface area contributed by atoms with Crippen molar-refractivity contribution in [1.29, 1.82) is 0 Å². The monoisotopic (exact) mass is 271 g/mol. The van der Waals surface area contributed by atoms with Gasteiger partial charge in [-0.15, -0.1) is 11.8 Å². The second kappa shape index (κ2) is 7.43. The second-order valence-corrected chi connectivity index (χ2v) is 5.73.